The minimum atomic E-state index is 0.0795. The summed E-state index contributed by atoms with van der Waals surface area (Å²) in [5.41, 5.74) is 0. The lowest BCUT2D eigenvalue weighted by atomic mass is 10.2. The average Bonchev–Trinajstić information content (AvgIpc) is 2.68. The highest BCUT2D eigenvalue weighted by Gasteiger charge is 2.25. The van der Waals surface area contributed by atoms with Crippen molar-refractivity contribution in [1.82, 2.24) is 9.80 Å². The maximum atomic E-state index is 12.6. The first kappa shape index (κ1) is 16.2. The predicted octanol–water partition coefficient (Wildman–Crippen LogP) is 1.97. The summed E-state index contributed by atoms with van der Waals surface area (Å²) in [5, 5.41) is 0. The molecule has 1 saturated heterocycles. The third kappa shape index (κ3) is 5.37. The Morgan fingerprint density at radius 3 is 2.32 bits per heavy atom. The average molecular weight is 272 g/mol. The number of amides is 2. The molecule has 5 heteroatoms. The minimum absolute atomic E-state index is 0.0795. The predicted molar refractivity (Wildman–Crippen MR) is 75.4 cm³/mol. The Hall–Kier alpha value is -0.810. The molecule has 0 saturated carbocycles. The molecule has 2 amide bonds. The molecule has 0 aromatic rings. The van der Waals surface area contributed by atoms with Crippen LogP contribution in [0, 0.1) is 0 Å². The van der Waals surface area contributed by atoms with E-state index in [-0.39, 0.29) is 12.1 Å². The number of methoxy groups -OCH3 is 2. The van der Waals surface area contributed by atoms with Gasteiger partial charge in [0.1, 0.15) is 0 Å². The lowest BCUT2D eigenvalue weighted by molar-refractivity contribution is 0.0751. The first-order chi connectivity index (χ1) is 9.20. The molecule has 0 aromatic heterocycles. The van der Waals surface area contributed by atoms with Crippen molar-refractivity contribution >= 4 is 6.03 Å². The van der Waals surface area contributed by atoms with Gasteiger partial charge in [-0.05, 0) is 19.8 Å². The summed E-state index contributed by atoms with van der Waals surface area (Å²) in [6, 6.07) is 0.208. The molecule has 1 rings (SSSR count). The van der Waals surface area contributed by atoms with Crippen molar-refractivity contribution in [2.45, 2.75) is 38.6 Å². The lowest BCUT2D eigenvalue weighted by Gasteiger charge is -2.33. The summed E-state index contributed by atoms with van der Waals surface area (Å²) >= 11 is 0. The molecule has 0 radical (unpaired) electrons. The van der Waals surface area contributed by atoms with Crippen LogP contribution in [0.3, 0.4) is 0 Å². The van der Waals surface area contributed by atoms with Gasteiger partial charge in [0.25, 0.3) is 0 Å². The normalized spacial score (nSPS) is 17.9. The molecule has 0 N–H and O–H groups in total. The number of nitrogens with zero attached hydrogens (tertiary/aromatic N) is 2. The van der Waals surface area contributed by atoms with Gasteiger partial charge in [-0.15, -0.1) is 0 Å². The van der Waals surface area contributed by atoms with Crippen molar-refractivity contribution in [1.29, 1.82) is 0 Å². The van der Waals surface area contributed by atoms with E-state index in [0.29, 0.717) is 19.8 Å². The Morgan fingerprint density at radius 1 is 1.16 bits per heavy atom. The maximum Gasteiger partial charge on any atom is 0.320 e. The molecule has 112 valence electrons. The van der Waals surface area contributed by atoms with Crippen molar-refractivity contribution in [2.24, 2.45) is 0 Å². The molecular weight excluding hydrogens is 244 g/mol. The first-order valence-electron chi connectivity index (χ1n) is 7.24. The van der Waals surface area contributed by atoms with E-state index in [1.165, 1.54) is 12.8 Å². The minimum Gasteiger partial charge on any atom is -0.383 e. The molecule has 0 spiro atoms. The Balaban J connectivity index is 2.62. The summed E-state index contributed by atoms with van der Waals surface area (Å²) in [5.74, 6) is 0. The SMILES string of the molecule is COCCN(C(=O)N1CCCCCC1)C(C)COC. The van der Waals surface area contributed by atoms with Crippen LogP contribution in [0.5, 0.6) is 0 Å². The van der Waals surface area contributed by atoms with E-state index in [9.17, 15) is 4.79 Å². The molecule has 1 fully saturated rings. The molecule has 0 bridgehead atoms. The van der Waals surface area contributed by atoms with Crippen molar-refractivity contribution < 1.29 is 14.3 Å². The lowest BCUT2D eigenvalue weighted by Crippen LogP contribution is -2.50. The van der Waals surface area contributed by atoms with Crippen LogP contribution in [-0.4, -0.2) is 68.9 Å². The van der Waals surface area contributed by atoms with Crippen molar-refractivity contribution in [3.63, 3.8) is 0 Å². The van der Waals surface area contributed by atoms with Gasteiger partial charge < -0.3 is 19.3 Å². The summed E-state index contributed by atoms with van der Waals surface area (Å²) in [4.78, 5) is 16.5. The van der Waals surface area contributed by atoms with Crippen LogP contribution in [-0.2, 0) is 9.47 Å². The van der Waals surface area contributed by atoms with E-state index in [1.807, 2.05) is 16.7 Å². The number of hydrogen-bond acceptors (Lipinski definition) is 3. The molecule has 1 aliphatic heterocycles. The van der Waals surface area contributed by atoms with E-state index >= 15 is 0 Å². The first-order valence-corrected chi connectivity index (χ1v) is 7.24. The van der Waals surface area contributed by atoms with Crippen LogP contribution in [0.2, 0.25) is 0 Å². The van der Waals surface area contributed by atoms with E-state index in [4.69, 9.17) is 9.47 Å². The molecule has 1 aliphatic rings. The van der Waals surface area contributed by atoms with E-state index in [2.05, 4.69) is 0 Å². The van der Waals surface area contributed by atoms with Crippen LogP contribution >= 0.6 is 0 Å². The Morgan fingerprint density at radius 2 is 1.79 bits per heavy atom. The number of carbonyl (C=O) groups excluding carboxylic acids is 1. The third-order valence-corrected chi connectivity index (χ3v) is 3.60. The summed E-state index contributed by atoms with van der Waals surface area (Å²) in [6.07, 6.45) is 4.69. The standard InChI is InChI=1S/C14H28N2O3/c1-13(12-19-3)16(10-11-18-2)14(17)15-8-6-4-5-7-9-15/h13H,4-12H2,1-3H3. The van der Waals surface area contributed by atoms with E-state index in [0.717, 1.165) is 25.9 Å². The molecule has 0 aliphatic carbocycles. The molecule has 1 atom stereocenters. The number of hydrogen-bond donors (Lipinski definition) is 0. The second kappa shape index (κ2) is 9.15. The highest BCUT2D eigenvalue weighted by molar-refractivity contribution is 5.74. The zero-order valence-corrected chi connectivity index (χ0v) is 12.6. The third-order valence-electron chi connectivity index (χ3n) is 3.60. The second-order valence-corrected chi connectivity index (χ2v) is 5.17. The number of rotatable bonds is 6. The largest absolute Gasteiger partial charge is 0.383 e. The second-order valence-electron chi connectivity index (χ2n) is 5.17. The van der Waals surface area contributed by atoms with Crippen LogP contribution < -0.4 is 0 Å². The van der Waals surface area contributed by atoms with E-state index < -0.39 is 0 Å². The molecule has 19 heavy (non-hydrogen) atoms. The summed E-state index contributed by atoms with van der Waals surface area (Å²) < 4.78 is 10.3. The molecule has 0 aromatic carbocycles. The number of urea groups is 1. The fourth-order valence-corrected chi connectivity index (χ4v) is 2.47. The van der Waals surface area contributed by atoms with Crippen molar-refractivity contribution in [3.05, 3.63) is 0 Å². The zero-order valence-electron chi connectivity index (χ0n) is 12.6. The molecule has 1 unspecified atom stereocenters. The van der Waals surface area contributed by atoms with E-state index in [1.54, 1.807) is 14.2 Å². The smallest absolute Gasteiger partial charge is 0.320 e. The van der Waals surface area contributed by atoms with Crippen LogP contribution in [0.25, 0.3) is 0 Å². The molecule has 5 nitrogen and oxygen atoms in total. The number of carbonyl (C=O) groups is 1. The number of likely N-dealkylation sites (tertiary alicyclic amines) is 1. The van der Waals surface area contributed by atoms with Gasteiger partial charge >= 0.3 is 6.03 Å². The Kier molecular flexibility index (Phi) is 7.82. The van der Waals surface area contributed by atoms with Gasteiger partial charge in [-0.1, -0.05) is 12.8 Å². The van der Waals surface area contributed by atoms with Gasteiger partial charge in [0.15, 0.2) is 0 Å². The Labute approximate surface area is 116 Å². The fraction of sp³-hybridized carbons (Fsp3) is 0.929. The van der Waals surface area contributed by atoms with Crippen molar-refractivity contribution in [2.75, 3.05) is 47.1 Å². The number of ether oxygens (including phenoxy) is 2. The van der Waals surface area contributed by atoms with Gasteiger partial charge in [0.2, 0.25) is 0 Å². The zero-order chi connectivity index (χ0) is 14.1. The van der Waals surface area contributed by atoms with Gasteiger partial charge in [-0.2, -0.15) is 0 Å². The van der Waals surface area contributed by atoms with Crippen LogP contribution in [0.15, 0.2) is 0 Å². The monoisotopic (exact) mass is 272 g/mol. The summed E-state index contributed by atoms with van der Waals surface area (Å²) in [7, 11) is 3.33. The van der Waals surface area contributed by atoms with Gasteiger partial charge in [0, 0.05) is 33.9 Å². The van der Waals surface area contributed by atoms with Crippen LogP contribution in [0.4, 0.5) is 4.79 Å². The highest BCUT2D eigenvalue weighted by atomic mass is 16.5. The van der Waals surface area contributed by atoms with Crippen molar-refractivity contribution in [3.8, 4) is 0 Å². The van der Waals surface area contributed by atoms with Gasteiger partial charge in [0.05, 0.1) is 19.3 Å². The quantitative estimate of drug-likeness (QED) is 0.742. The topological polar surface area (TPSA) is 42.0 Å². The highest BCUT2D eigenvalue weighted by Crippen LogP contribution is 2.13. The Bertz CT molecular complexity index is 253. The van der Waals surface area contributed by atoms with Crippen LogP contribution in [0.1, 0.15) is 32.6 Å². The van der Waals surface area contributed by atoms with Gasteiger partial charge in [-0.3, -0.25) is 0 Å². The summed E-state index contributed by atoms with van der Waals surface area (Å²) in [6.45, 7) is 5.52. The van der Waals surface area contributed by atoms with Gasteiger partial charge in [-0.25, -0.2) is 4.79 Å². The maximum absolute atomic E-state index is 12.6. The fourth-order valence-electron chi connectivity index (χ4n) is 2.47. The molecule has 1 heterocycles. The molecular formula is C14H28N2O3.